The molecule has 9 heavy (non-hydrogen) atoms. The van der Waals surface area contributed by atoms with Crippen molar-refractivity contribution >= 4 is 11.6 Å². The molecule has 0 saturated heterocycles. The van der Waals surface area contributed by atoms with E-state index in [-0.39, 0.29) is 11.7 Å². The van der Waals surface area contributed by atoms with Crippen LogP contribution in [0.5, 0.6) is 0 Å². The van der Waals surface area contributed by atoms with Crippen molar-refractivity contribution in [2.24, 2.45) is 5.92 Å². The van der Waals surface area contributed by atoms with Gasteiger partial charge in [0.25, 0.3) is 0 Å². The summed E-state index contributed by atoms with van der Waals surface area (Å²) in [5, 5.41) is 0. The van der Waals surface area contributed by atoms with E-state index in [1.54, 1.807) is 0 Å². The molecule has 0 saturated carbocycles. The van der Waals surface area contributed by atoms with Gasteiger partial charge in [0.2, 0.25) is 0 Å². The first-order valence-electron chi connectivity index (χ1n) is 3.33. The average Bonchev–Trinajstić information content (AvgIpc) is 1.63. The molecule has 0 radical (unpaired) electrons. The summed E-state index contributed by atoms with van der Waals surface area (Å²) in [4.78, 5) is 0. The molecule has 0 rings (SSSR count). The standard InChI is InChI=1S/C7H15ClO/c1-5(2)7(8)9-6(3)4/h5-7H,1-4H3. The minimum Gasteiger partial charge on any atom is -0.360 e. The molecule has 1 nitrogen and oxygen atoms in total. The van der Waals surface area contributed by atoms with Crippen molar-refractivity contribution in [3.63, 3.8) is 0 Å². The lowest BCUT2D eigenvalue weighted by molar-refractivity contribution is 0.0314. The molecule has 0 N–H and O–H groups in total. The summed E-state index contributed by atoms with van der Waals surface area (Å²) in [6.07, 6.45) is 0.231. The topological polar surface area (TPSA) is 9.23 Å². The van der Waals surface area contributed by atoms with Gasteiger partial charge in [-0.1, -0.05) is 25.4 Å². The molecule has 0 amide bonds. The van der Waals surface area contributed by atoms with Gasteiger partial charge in [-0.05, 0) is 19.8 Å². The Morgan fingerprint density at radius 2 is 1.56 bits per heavy atom. The second kappa shape index (κ2) is 4.13. The van der Waals surface area contributed by atoms with E-state index in [0.717, 1.165) is 0 Å². The van der Waals surface area contributed by atoms with Crippen LogP contribution in [0.2, 0.25) is 0 Å². The molecule has 1 unspecified atom stereocenters. The fourth-order valence-corrected chi connectivity index (χ4v) is 0.623. The van der Waals surface area contributed by atoms with Gasteiger partial charge in [0.05, 0.1) is 6.10 Å². The highest BCUT2D eigenvalue weighted by atomic mass is 35.5. The first-order chi connectivity index (χ1) is 4.04. The molecule has 0 aliphatic rings. The number of hydrogen-bond donors (Lipinski definition) is 0. The van der Waals surface area contributed by atoms with Crippen molar-refractivity contribution in [2.45, 2.75) is 39.4 Å². The number of alkyl halides is 1. The number of hydrogen-bond acceptors (Lipinski definition) is 1. The summed E-state index contributed by atoms with van der Waals surface area (Å²) in [6, 6.07) is 0. The summed E-state index contributed by atoms with van der Waals surface area (Å²) >= 11 is 5.79. The van der Waals surface area contributed by atoms with Crippen molar-refractivity contribution < 1.29 is 4.74 Å². The lowest BCUT2D eigenvalue weighted by Crippen LogP contribution is -2.17. The Morgan fingerprint density at radius 1 is 1.11 bits per heavy atom. The van der Waals surface area contributed by atoms with E-state index in [0.29, 0.717) is 5.92 Å². The minimum absolute atomic E-state index is 0.134. The van der Waals surface area contributed by atoms with Crippen LogP contribution in [0.15, 0.2) is 0 Å². The van der Waals surface area contributed by atoms with Crippen molar-refractivity contribution in [1.82, 2.24) is 0 Å². The molecule has 0 aromatic carbocycles. The van der Waals surface area contributed by atoms with E-state index in [1.807, 2.05) is 27.7 Å². The summed E-state index contributed by atoms with van der Waals surface area (Å²) in [5.74, 6) is 0.397. The monoisotopic (exact) mass is 150 g/mol. The van der Waals surface area contributed by atoms with Crippen molar-refractivity contribution in [2.75, 3.05) is 0 Å². The van der Waals surface area contributed by atoms with Gasteiger partial charge in [-0.2, -0.15) is 0 Å². The molecular formula is C7H15ClO. The normalized spacial score (nSPS) is 15.0. The summed E-state index contributed by atoms with van der Waals surface area (Å²) in [7, 11) is 0. The third kappa shape index (κ3) is 4.73. The SMILES string of the molecule is CC(C)OC(Cl)C(C)C. The molecule has 0 spiro atoms. The van der Waals surface area contributed by atoms with E-state index < -0.39 is 0 Å². The molecule has 0 aliphatic heterocycles. The van der Waals surface area contributed by atoms with Crippen LogP contribution < -0.4 is 0 Å². The van der Waals surface area contributed by atoms with Crippen LogP contribution in [0.4, 0.5) is 0 Å². The lowest BCUT2D eigenvalue weighted by atomic mass is 10.2. The predicted molar refractivity (Wildman–Crippen MR) is 40.7 cm³/mol. The number of ether oxygens (including phenoxy) is 1. The fraction of sp³-hybridized carbons (Fsp3) is 1.00. The van der Waals surface area contributed by atoms with Crippen LogP contribution in [0.25, 0.3) is 0 Å². The van der Waals surface area contributed by atoms with Crippen LogP contribution in [0.1, 0.15) is 27.7 Å². The Labute approximate surface area is 62.3 Å². The Morgan fingerprint density at radius 3 is 1.67 bits per heavy atom. The maximum atomic E-state index is 5.79. The third-order valence-corrected chi connectivity index (χ3v) is 1.53. The van der Waals surface area contributed by atoms with Crippen LogP contribution in [0, 0.1) is 5.92 Å². The molecule has 0 aliphatic carbocycles. The molecule has 0 aromatic rings. The summed E-state index contributed by atoms with van der Waals surface area (Å²) < 4.78 is 5.28. The third-order valence-electron chi connectivity index (χ3n) is 0.926. The Kier molecular flexibility index (Phi) is 4.24. The van der Waals surface area contributed by atoms with Gasteiger partial charge in [0.1, 0.15) is 5.56 Å². The van der Waals surface area contributed by atoms with E-state index in [4.69, 9.17) is 16.3 Å². The highest BCUT2D eigenvalue weighted by molar-refractivity contribution is 6.19. The maximum absolute atomic E-state index is 5.79. The van der Waals surface area contributed by atoms with Crippen LogP contribution in [0.3, 0.4) is 0 Å². The van der Waals surface area contributed by atoms with Gasteiger partial charge in [0, 0.05) is 0 Å². The van der Waals surface area contributed by atoms with Crippen molar-refractivity contribution in [1.29, 1.82) is 0 Å². The first kappa shape index (κ1) is 9.25. The van der Waals surface area contributed by atoms with Gasteiger partial charge in [0.15, 0.2) is 0 Å². The van der Waals surface area contributed by atoms with Gasteiger partial charge in [-0.25, -0.2) is 0 Å². The van der Waals surface area contributed by atoms with Gasteiger partial charge in [-0.15, -0.1) is 0 Å². The zero-order valence-electron chi connectivity index (χ0n) is 6.52. The van der Waals surface area contributed by atoms with Crippen molar-refractivity contribution in [3.8, 4) is 0 Å². The molecule has 0 heterocycles. The van der Waals surface area contributed by atoms with E-state index in [9.17, 15) is 0 Å². The van der Waals surface area contributed by atoms with Crippen LogP contribution >= 0.6 is 11.6 Å². The smallest absolute Gasteiger partial charge is 0.133 e. The second-order valence-corrected chi connectivity index (χ2v) is 3.21. The number of rotatable bonds is 3. The Balaban J connectivity index is 3.38. The largest absolute Gasteiger partial charge is 0.360 e. The molecule has 2 heteroatoms. The van der Waals surface area contributed by atoms with Crippen LogP contribution in [-0.2, 0) is 4.74 Å². The fourth-order valence-electron chi connectivity index (χ4n) is 0.417. The molecule has 56 valence electrons. The number of halogens is 1. The average molecular weight is 151 g/mol. The molecule has 0 fully saturated rings. The van der Waals surface area contributed by atoms with Crippen LogP contribution in [-0.4, -0.2) is 11.7 Å². The second-order valence-electron chi connectivity index (χ2n) is 2.78. The van der Waals surface area contributed by atoms with E-state index in [1.165, 1.54) is 0 Å². The summed E-state index contributed by atoms with van der Waals surface area (Å²) in [6.45, 7) is 8.05. The highest BCUT2D eigenvalue weighted by Gasteiger charge is 2.10. The lowest BCUT2D eigenvalue weighted by Gasteiger charge is -2.16. The molecule has 0 bridgehead atoms. The molecular weight excluding hydrogens is 136 g/mol. The van der Waals surface area contributed by atoms with Gasteiger partial charge >= 0.3 is 0 Å². The molecule has 1 atom stereocenters. The molecule has 0 aromatic heterocycles. The van der Waals surface area contributed by atoms with E-state index >= 15 is 0 Å². The Bertz CT molecular complexity index is 71.3. The Hall–Kier alpha value is 0.250. The predicted octanol–water partition coefficient (Wildman–Crippen LogP) is 2.63. The summed E-state index contributed by atoms with van der Waals surface area (Å²) in [5.41, 5.74) is -0.134. The minimum atomic E-state index is -0.134. The highest BCUT2D eigenvalue weighted by Crippen LogP contribution is 2.12. The quantitative estimate of drug-likeness (QED) is 0.562. The van der Waals surface area contributed by atoms with Crippen molar-refractivity contribution in [3.05, 3.63) is 0 Å². The maximum Gasteiger partial charge on any atom is 0.133 e. The zero-order valence-corrected chi connectivity index (χ0v) is 7.27. The first-order valence-corrected chi connectivity index (χ1v) is 3.77. The zero-order chi connectivity index (χ0) is 7.44. The van der Waals surface area contributed by atoms with Gasteiger partial charge < -0.3 is 4.74 Å². The van der Waals surface area contributed by atoms with Gasteiger partial charge in [-0.3, -0.25) is 0 Å². The van der Waals surface area contributed by atoms with E-state index in [2.05, 4.69) is 0 Å².